The minimum absolute atomic E-state index is 0.00649. The van der Waals surface area contributed by atoms with Gasteiger partial charge in [-0.2, -0.15) is 0 Å². The smallest absolute Gasteiger partial charge is 0.326 e. The number of thiocarbonyl (C=S) groups is 1. The fraction of sp³-hybridized carbons (Fsp3) is 0.214. The number of thioether (sulfide) groups is 1. The topological polar surface area (TPSA) is 89.8 Å². The van der Waals surface area contributed by atoms with Crippen molar-refractivity contribution in [2.75, 3.05) is 13.2 Å². The molecule has 0 aliphatic carbocycles. The lowest BCUT2D eigenvalue weighted by Gasteiger charge is -2.12. The van der Waals surface area contributed by atoms with Crippen molar-refractivity contribution in [1.82, 2.24) is 4.90 Å². The number of carbonyl (C=O) groups is 2. The molecule has 0 radical (unpaired) electrons. The van der Waals surface area contributed by atoms with Crippen LogP contribution in [0.1, 0.15) is 12.5 Å². The van der Waals surface area contributed by atoms with E-state index < -0.39 is 16.8 Å². The Hall–Kier alpha value is -1.97. The van der Waals surface area contributed by atoms with Crippen molar-refractivity contribution in [3.8, 4) is 0 Å². The molecule has 0 N–H and O–H groups in total. The molecule has 10 heteroatoms. The number of esters is 1. The van der Waals surface area contributed by atoms with Crippen molar-refractivity contribution < 1.29 is 19.2 Å². The van der Waals surface area contributed by atoms with E-state index in [4.69, 9.17) is 28.6 Å². The van der Waals surface area contributed by atoms with Gasteiger partial charge in [0.1, 0.15) is 15.9 Å². The molecule has 1 aliphatic heterocycles. The molecular weight excluding hydrogens is 376 g/mol. The van der Waals surface area contributed by atoms with Crippen LogP contribution in [0, 0.1) is 10.1 Å². The van der Waals surface area contributed by atoms with E-state index in [-0.39, 0.29) is 33.1 Å². The zero-order valence-corrected chi connectivity index (χ0v) is 14.7. The van der Waals surface area contributed by atoms with Gasteiger partial charge < -0.3 is 4.74 Å². The SMILES string of the molecule is CCOC(=O)CN1C(=O)/C(=C\c2ccc(Cl)c([N+](=O)[O-])c2)SC1=S. The molecule has 7 nitrogen and oxygen atoms in total. The van der Waals surface area contributed by atoms with E-state index in [1.54, 1.807) is 13.0 Å². The summed E-state index contributed by atoms with van der Waals surface area (Å²) >= 11 is 11.9. The first kappa shape index (κ1) is 18.4. The highest BCUT2D eigenvalue weighted by molar-refractivity contribution is 8.26. The van der Waals surface area contributed by atoms with Gasteiger partial charge in [-0.05, 0) is 24.6 Å². The lowest BCUT2D eigenvalue weighted by Crippen LogP contribution is -2.34. The number of ether oxygens (including phenoxy) is 1. The van der Waals surface area contributed by atoms with E-state index in [1.807, 2.05) is 0 Å². The molecule has 1 aliphatic rings. The number of benzene rings is 1. The predicted octanol–water partition coefficient (Wildman–Crippen LogP) is 3.01. The molecule has 0 aromatic heterocycles. The zero-order valence-electron chi connectivity index (χ0n) is 12.4. The van der Waals surface area contributed by atoms with Crippen molar-refractivity contribution >= 4 is 63.5 Å². The van der Waals surface area contributed by atoms with E-state index in [2.05, 4.69) is 0 Å². The van der Waals surface area contributed by atoms with Gasteiger partial charge in [-0.1, -0.05) is 41.6 Å². The third kappa shape index (κ3) is 4.11. The Kier molecular flexibility index (Phi) is 5.92. The third-order valence-corrected chi connectivity index (χ3v) is 4.63. The van der Waals surface area contributed by atoms with Gasteiger partial charge in [-0.25, -0.2) is 0 Å². The van der Waals surface area contributed by atoms with Crippen LogP contribution in [0.2, 0.25) is 5.02 Å². The molecule has 0 spiro atoms. The van der Waals surface area contributed by atoms with Crippen LogP contribution >= 0.6 is 35.6 Å². The highest BCUT2D eigenvalue weighted by atomic mass is 35.5. The summed E-state index contributed by atoms with van der Waals surface area (Å²) in [5.41, 5.74) is 0.176. The molecule has 0 atom stereocenters. The maximum atomic E-state index is 12.3. The highest BCUT2D eigenvalue weighted by Gasteiger charge is 2.33. The lowest BCUT2D eigenvalue weighted by molar-refractivity contribution is -0.384. The molecule has 1 aromatic rings. The first-order chi connectivity index (χ1) is 11.3. The Labute approximate surface area is 151 Å². The van der Waals surface area contributed by atoms with Gasteiger partial charge in [0, 0.05) is 6.07 Å². The first-order valence-electron chi connectivity index (χ1n) is 6.68. The summed E-state index contributed by atoms with van der Waals surface area (Å²) < 4.78 is 5.02. The lowest BCUT2D eigenvalue weighted by atomic mass is 10.2. The normalized spacial score (nSPS) is 15.9. The quantitative estimate of drug-likeness (QED) is 0.252. The summed E-state index contributed by atoms with van der Waals surface area (Å²) in [7, 11) is 0. The third-order valence-electron chi connectivity index (χ3n) is 2.93. The Bertz CT molecular complexity index is 766. The van der Waals surface area contributed by atoms with Crippen molar-refractivity contribution in [2.45, 2.75) is 6.92 Å². The average Bonchev–Trinajstić information content (AvgIpc) is 2.77. The number of hydrogen-bond donors (Lipinski definition) is 0. The molecule has 1 amide bonds. The summed E-state index contributed by atoms with van der Waals surface area (Å²) in [4.78, 5) is 35.5. The first-order valence-corrected chi connectivity index (χ1v) is 8.28. The van der Waals surface area contributed by atoms with Crippen LogP contribution in [0.5, 0.6) is 0 Å². The maximum Gasteiger partial charge on any atom is 0.326 e. The summed E-state index contributed by atoms with van der Waals surface area (Å²) in [6.07, 6.45) is 1.47. The van der Waals surface area contributed by atoms with E-state index in [1.165, 1.54) is 18.2 Å². The van der Waals surface area contributed by atoms with E-state index >= 15 is 0 Å². The number of carbonyl (C=O) groups excluding carboxylic acids is 2. The van der Waals surface area contributed by atoms with Gasteiger partial charge in [-0.15, -0.1) is 0 Å². The molecule has 2 rings (SSSR count). The molecule has 0 unspecified atom stereocenters. The second-order valence-electron chi connectivity index (χ2n) is 4.54. The predicted molar refractivity (Wildman–Crippen MR) is 94.6 cm³/mol. The number of hydrogen-bond acceptors (Lipinski definition) is 7. The molecule has 0 bridgehead atoms. The molecular formula is C14H11ClN2O5S2. The Balaban J connectivity index is 2.24. The van der Waals surface area contributed by atoms with Gasteiger partial charge in [-0.3, -0.25) is 24.6 Å². The minimum Gasteiger partial charge on any atom is -0.465 e. The molecule has 1 saturated heterocycles. The monoisotopic (exact) mass is 386 g/mol. The van der Waals surface area contributed by atoms with Crippen LogP contribution in [0.15, 0.2) is 23.1 Å². The molecule has 1 aromatic carbocycles. The fourth-order valence-electron chi connectivity index (χ4n) is 1.88. The van der Waals surface area contributed by atoms with Crippen LogP contribution in [0.25, 0.3) is 6.08 Å². The van der Waals surface area contributed by atoms with Crippen molar-refractivity contribution in [3.05, 3.63) is 43.8 Å². The molecule has 126 valence electrons. The maximum absolute atomic E-state index is 12.3. The molecule has 24 heavy (non-hydrogen) atoms. The largest absolute Gasteiger partial charge is 0.465 e. The van der Waals surface area contributed by atoms with E-state index in [0.29, 0.717) is 5.56 Å². The summed E-state index contributed by atoms with van der Waals surface area (Å²) in [6, 6.07) is 4.19. The molecule has 1 heterocycles. The molecule has 0 saturated carbocycles. The number of nitro groups is 1. The van der Waals surface area contributed by atoms with Crippen LogP contribution in [0.3, 0.4) is 0 Å². The Morgan fingerprint density at radius 1 is 1.54 bits per heavy atom. The van der Waals surface area contributed by atoms with Crippen LogP contribution in [-0.2, 0) is 14.3 Å². The summed E-state index contributed by atoms with van der Waals surface area (Å²) in [5.74, 6) is -1.01. The van der Waals surface area contributed by atoms with Crippen molar-refractivity contribution in [3.63, 3.8) is 0 Å². The van der Waals surface area contributed by atoms with Gasteiger partial charge in [0.25, 0.3) is 11.6 Å². The highest BCUT2D eigenvalue weighted by Crippen LogP contribution is 2.33. The van der Waals surface area contributed by atoms with Crippen LogP contribution in [0.4, 0.5) is 5.69 Å². The number of nitro benzene ring substituents is 1. The summed E-state index contributed by atoms with van der Waals surface area (Å²) in [5, 5.41) is 10.9. The van der Waals surface area contributed by atoms with Gasteiger partial charge in [0.2, 0.25) is 0 Å². The number of halogens is 1. The fourth-order valence-corrected chi connectivity index (χ4v) is 3.32. The summed E-state index contributed by atoms with van der Waals surface area (Å²) in [6.45, 7) is 1.60. The molecule has 1 fully saturated rings. The number of rotatable bonds is 5. The zero-order chi connectivity index (χ0) is 17.9. The number of amides is 1. The van der Waals surface area contributed by atoms with Gasteiger partial charge >= 0.3 is 5.97 Å². The van der Waals surface area contributed by atoms with Crippen LogP contribution in [-0.4, -0.2) is 39.2 Å². The average molecular weight is 387 g/mol. The van der Waals surface area contributed by atoms with E-state index in [9.17, 15) is 19.7 Å². The number of nitrogens with zero attached hydrogens (tertiary/aromatic N) is 2. The van der Waals surface area contributed by atoms with E-state index in [0.717, 1.165) is 16.7 Å². The Morgan fingerprint density at radius 2 is 2.25 bits per heavy atom. The second-order valence-corrected chi connectivity index (χ2v) is 6.62. The van der Waals surface area contributed by atoms with Gasteiger partial charge in [0.05, 0.1) is 16.4 Å². The Morgan fingerprint density at radius 3 is 2.88 bits per heavy atom. The minimum atomic E-state index is -0.606. The van der Waals surface area contributed by atoms with Crippen molar-refractivity contribution in [2.24, 2.45) is 0 Å². The second kappa shape index (κ2) is 7.73. The standard InChI is InChI=1S/C14H11ClN2O5S2/c1-2-22-12(18)7-16-13(19)11(24-14(16)23)6-8-3-4-9(15)10(5-8)17(20)21/h3-6H,2,7H2,1H3/b11-6+. The van der Waals surface area contributed by atoms with Crippen LogP contribution < -0.4 is 0 Å². The van der Waals surface area contributed by atoms with Gasteiger partial charge in [0.15, 0.2) is 0 Å². The van der Waals surface area contributed by atoms with Crippen molar-refractivity contribution in [1.29, 1.82) is 0 Å².